The molecule has 18 heavy (non-hydrogen) atoms. The molecule has 1 aromatic carbocycles. The highest BCUT2D eigenvalue weighted by Gasteiger charge is 2.06. The summed E-state index contributed by atoms with van der Waals surface area (Å²) in [5.74, 6) is 0.741. The van der Waals surface area contributed by atoms with Crippen LogP contribution in [0.15, 0.2) is 36.5 Å². The molecule has 0 radical (unpaired) electrons. The van der Waals surface area contributed by atoms with Crippen LogP contribution in [0, 0.1) is 0 Å². The summed E-state index contributed by atoms with van der Waals surface area (Å²) < 4.78 is 9.93. The summed E-state index contributed by atoms with van der Waals surface area (Å²) >= 11 is 7.06. The lowest BCUT2D eigenvalue weighted by molar-refractivity contribution is 0.301. The largest absolute Gasteiger partial charge is 0.487 e. The number of nitrogens with zero attached hydrogens (tertiary/aromatic N) is 3. The van der Waals surface area contributed by atoms with Gasteiger partial charge in [-0.3, -0.25) is 4.98 Å². The van der Waals surface area contributed by atoms with E-state index in [2.05, 4.69) is 14.6 Å². The van der Waals surface area contributed by atoms with E-state index in [-0.39, 0.29) is 0 Å². The van der Waals surface area contributed by atoms with Crippen molar-refractivity contribution in [1.82, 2.24) is 14.6 Å². The standard InChI is InChI=1S/C12H8ClN3OS/c13-12-11(15-16-18-12)7-17-9-4-3-8-2-1-5-14-10(8)6-9/h1-6H,7H2. The minimum Gasteiger partial charge on any atom is -0.487 e. The molecule has 6 heteroatoms. The Morgan fingerprint density at radius 3 is 3.06 bits per heavy atom. The molecule has 2 heterocycles. The molecule has 4 nitrogen and oxygen atoms in total. The van der Waals surface area contributed by atoms with Crippen LogP contribution >= 0.6 is 23.1 Å². The second-order valence-electron chi connectivity index (χ2n) is 3.64. The molecular weight excluding hydrogens is 270 g/mol. The summed E-state index contributed by atoms with van der Waals surface area (Å²) in [4.78, 5) is 4.27. The lowest BCUT2D eigenvalue weighted by atomic mass is 10.2. The number of aromatic nitrogens is 3. The number of hydrogen-bond donors (Lipinski definition) is 0. The molecule has 0 N–H and O–H groups in total. The third-order valence-electron chi connectivity index (χ3n) is 2.46. The number of rotatable bonds is 3. The van der Waals surface area contributed by atoms with Crippen LogP contribution in [-0.2, 0) is 6.61 Å². The van der Waals surface area contributed by atoms with Gasteiger partial charge in [-0.05, 0) is 18.2 Å². The van der Waals surface area contributed by atoms with Crippen LogP contribution in [0.2, 0.25) is 4.34 Å². The molecule has 0 atom stereocenters. The minimum absolute atomic E-state index is 0.313. The van der Waals surface area contributed by atoms with Gasteiger partial charge in [0.15, 0.2) is 0 Å². The predicted molar refractivity (Wildman–Crippen MR) is 71.0 cm³/mol. The number of hydrogen-bond acceptors (Lipinski definition) is 5. The molecule has 0 spiro atoms. The van der Waals surface area contributed by atoms with E-state index in [0.717, 1.165) is 28.2 Å². The first kappa shape index (κ1) is 11.4. The van der Waals surface area contributed by atoms with Crippen molar-refractivity contribution in [3.63, 3.8) is 0 Å². The van der Waals surface area contributed by atoms with Crippen molar-refractivity contribution in [3.8, 4) is 5.75 Å². The van der Waals surface area contributed by atoms with E-state index < -0.39 is 0 Å². The molecule has 0 aliphatic carbocycles. The number of ether oxygens (including phenoxy) is 1. The second kappa shape index (κ2) is 4.88. The van der Waals surface area contributed by atoms with Crippen LogP contribution in [-0.4, -0.2) is 14.6 Å². The minimum atomic E-state index is 0.313. The van der Waals surface area contributed by atoms with E-state index >= 15 is 0 Å². The molecule has 2 aromatic heterocycles. The Bertz CT molecular complexity index is 686. The van der Waals surface area contributed by atoms with Gasteiger partial charge in [-0.2, -0.15) is 0 Å². The van der Waals surface area contributed by atoms with E-state index in [4.69, 9.17) is 16.3 Å². The van der Waals surface area contributed by atoms with Gasteiger partial charge in [-0.25, -0.2) is 0 Å². The molecule has 0 aliphatic rings. The average molecular weight is 278 g/mol. The predicted octanol–water partition coefficient (Wildman–Crippen LogP) is 3.32. The molecule has 3 aromatic rings. The Labute approximate surface area is 112 Å². The van der Waals surface area contributed by atoms with Crippen molar-refractivity contribution >= 4 is 34.0 Å². The molecule has 0 saturated heterocycles. The molecule has 0 aliphatic heterocycles. The molecular formula is C12H8ClN3OS. The number of pyridine rings is 1. The maximum Gasteiger partial charge on any atom is 0.141 e. The van der Waals surface area contributed by atoms with Crippen molar-refractivity contribution in [2.75, 3.05) is 0 Å². The van der Waals surface area contributed by atoms with Gasteiger partial charge in [0.25, 0.3) is 0 Å². The zero-order valence-corrected chi connectivity index (χ0v) is 10.8. The zero-order chi connectivity index (χ0) is 12.4. The molecule has 0 amide bonds. The number of benzene rings is 1. The van der Waals surface area contributed by atoms with Crippen molar-refractivity contribution < 1.29 is 4.74 Å². The molecule has 0 unspecified atom stereocenters. The van der Waals surface area contributed by atoms with Gasteiger partial charge >= 0.3 is 0 Å². The Morgan fingerprint density at radius 2 is 2.22 bits per heavy atom. The fourth-order valence-corrected chi connectivity index (χ4v) is 2.17. The number of fused-ring (bicyclic) bond motifs is 1. The second-order valence-corrected chi connectivity index (χ2v) is 5.00. The van der Waals surface area contributed by atoms with Crippen LogP contribution < -0.4 is 4.74 Å². The topological polar surface area (TPSA) is 47.9 Å². The Morgan fingerprint density at radius 1 is 1.28 bits per heavy atom. The van der Waals surface area contributed by atoms with Gasteiger partial charge in [0, 0.05) is 29.2 Å². The van der Waals surface area contributed by atoms with Gasteiger partial charge in [0.1, 0.15) is 22.4 Å². The van der Waals surface area contributed by atoms with Crippen LogP contribution in [0.25, 0.3) is 10.9 Å². The molecule has 0 saturated carbocycles. The fourth-order valence-electron chi connectivity index (χ4n) is 1.57. The summed E-state index contributed by atoms with van der Waals surface area (Å²) in [6, 6.07) is 9.68. The number of halogens is 1. The third kappa shape index (κ3) is 2.27. The molecule has 90 valence electrons. The lowest BCUT2D eigenvalue weighted by Gasteiger charge is -2.05. The van der Waals surface area contributed by atoms with Crippen LogP contribution in [0.4, 0.5) is 0 Å². The normalized spacial score (nSPS) is 10.7. The quantitative estimate of drug-likeness (QED) is 0.737. The highest BCUT2D eigenvalue weighted by Crippen LogP contribution is 2.22. The molecule has 0 fully saturated rings. The van der Waals surface area contributed by atoms with Gasteiger partial charge in [-0.1, -0.05) is 22.2 Å². The van der Waals surface area contributed by atoms with Crippen molar-refractivity contribution in [2.45, 2.75) is 6.61 Å². The first-order valence-corrected chi connectivity index (χ1v) is 6.42. The van der Waals surface area contributed by atoms with Gasteiger partial charge < -0.3 is 4.74 Å². The SMILES string of the molecule is Clc1snnc1COc1ccc2cccnc2c1. The van der Waals surface area contributed by atoms with E-state index in [1.807, 2.05) is 30.3 Å². The Kier molecular flexibility index (Phi) is 3.08. The summed E-state index contributed by atoms with van der Waals surface area (Å²) in [6.07, 6.45) is 1.76. The summed E-state index contributed by atoms with van der Waals surface area (Å²) in [7, 11) is 0. The third-order valence-corrected chi connectivity index (χ3v) is 3.45. The first-order chi connectivity index (χ1) is 8.83. The van der Waals surface area contributed by atoms with Gasteiger partial charge in [0.05, 0.1) is 5.52 Å². The van der Waals surface area contributed by atoms with E-state index in [0.29, 0.717) is 16.6 Å². The van der Waals surface area contributed by atoms with Crippen LogP contribution in [0.5, 0.6) is 5.75 Å². The summed E-state index contributed by atoms with van der Waals surface area (Å²) in [6.45, 7) is 0.313. The average Bonchev–Trinajstić information content (AvgIpc) is 2.82. The van der Waals surface area contributed by atoms with E-state index in [1.54, 1.807) is 6.20 Å². The van der Waals surface area contributed by atoms with Crippen molar-refractivity contribution in [3.05, 3.63) is 46.6 Å². The Balaban J connectivity index is 1.81. The van der Waals surface area contributed by atoms with Crippen molar-refractivity contribution in [2.24, 2.45) is 0 Å². The maximum atomic E-state index is 5.90. The lowest BCUT2D eigenvalue weighted by Crippen LogP contribution is -1.96. The van der Waals surface area contributed by atoms with Gasteiger partial charge in [-0.15, -0.1) is 5.10 Å². The van der Waals surface area contributed by atoms with Gasteiger partial charge in [0.2, 0.25) is 0 Å². The summed E-state index contributed by atoms with van der Waals surface area (Å²) in [5.41, 5.74) is 1.56. The maximum absolute atomic E-state index is 5.90. The first-order valence-electron chi connectivity index (χ1n) is 5.27. The monoisotopic (exact) mass is 277 g/mol. The molecule has 0 bridgehead atoms. The molecule has 3 rings (SSSR count). The summed E-state index contributed by atoms with van der Waals surface area (Å²) in [5, 5.41) is 4.97. The van der Waals surface area contributed by atoms with Crippen LogP contribution in [0.3, 0.4) is 0 Å². The highest BCUT2D eigenvalue weighted by molar-refractivity contribution is 7.10. The Hall–Kier alpha value is -1.72. The van der Waals surface area contributed by atoms with Crippen molar-refractivity contribution in [1.29, 1.82) is 0 Å². The fraction of sp³-hybridized carbons (Fsp3) is 0.0833. The van der Waals surface area contributed by atoms with E-state index in [1.165, 1.54) is 0 Å². The van der Waals surface area contributed by atoms with E-state index in [9.17, 15) is 0 Å². The van der Waals surface area contributed by atoms with Crippen LogP contribution in [0.1, 0.15) is 5.69 Å². The smallest absolute Gasteiger partial charge is 0.141 e. The zero-order valence-electron chi connectivity index (χ0n) is 9.21. The highest BCUT2D eigenvalue weighted by atomic mass is 35.5.